The highest BCUT2D eigenvalue weighted by Gasteiger charge is 2.12. The number of aryl methyl sites for hydroxylation is 1. The van der Waals surface area contributed by atoms with Crippen LogP contribution >= 0.6 is 11.8 Å². The lowest BCUT2D eigenvalue weighted by molar-refractivity contribution is 0.252. The number of hydrogen-bond acceptors (Lipinski definition) is 11. The molecule has 0 fully saturated rings. The normalized spacial score (nSPS) is 10.7. The Morgan fingerprint density at radius 3 is 2.78 bits per heavy atom. The molecule has 0 spiro atoms. The van der Waals surface area contributed by atoms with Crippen molar-refractivity contribution in [3.63, 3.8) is 0 Å². The van der Waals surface area contributed by atoms with Gasteiger partial charge in [-0.3, -0.25) is 0 Å². The summed E-state index contributed by atoms with van der Waals surface area (Å²) in [5.74, 6) is 3.04. The maximum absolute atomic E-state index is 5.85. The van der Waals surface area contributed by atoms with Crippen molar-refractivity contribution in [1.29, 1.82) is 0 Å². The van der Waals surface area contributed by atoms with E-state index in [0.717, 1.165) is 11.3 Å². The van der Waals surface area contributed by atoms with E-state index >= 15 is 0 Å². The van der Waals surface area contributed by atoms with Gasteiger partial charge in [0.15, 0.2) is 6.61 Å². The van der Waals surface area contributed by atoms with E-state index in [1.165, 1.54) is 11.8 Å². The van der Waals surface area contributed by atoms with Gasteiger partial charge in [0.1, 0.15) is 17.3 Å². The molecule has 0 radical (unpaired) electrons. The number of rotatable bonds is 9. The van der Waals surface area contributed by atoms with E-state index in [1.54, 1.807) is 7.11 Å². The highest BCUT2D eigenvalue weighted by atomic mass is 32.2. The quantitative estimate of drug-likeness (QED) is 0.360. The van der Waals surface area contributed by atoms with Crippen LogP contribution in [0.2, 0.25) is 0 Å². The van der Waals surface area contributed by atoms with Crippen molar-refractivity contribution in [3.8, 4) is 11.5 Å². The molecule has 2 aromatic heterocycles. The predicted octanol–water partition coefficient (Wildman–Crippen LogP) is 3.77. The van der Waals surface area contributed by atoms with Crippen LogP contribution in [0.25, 0.3) is 0 Å². The molecule has 10 nitrogen and oxygen atoms in total. The highest BCUT2D eigenvalue weighted by Crippen LogP contribution is 2.26. The molecule has 2 aromatic carbocycles. The largest absolute Gasteiger partial charge is 0.495 e. The third-order valence-corrected chi connectivity index (χ3v) is 4.99. The van der Waals surface area contributed by atoms with Crippen molar-refractivity contribution < 1.29 is 13.9 Å². The van der Waals surface area contributed by atoms with Gasteiger partial charge in [-0.15, -0.1) is 10.2 Å². The van der Waals surface area contributed by atoms with E-state index in [9.17, 15) is 0 Å². The molecular formula is C21H21N7O3S. The van der Waals surface area contributed by atoms with Crippen LogP contribution in [0.1, 0.15) is 17.3 Å². The number of nitrogens with two attached hydrogens (primary N) is 1. The predicted molar refractivity (Wildman–Crippen MR) is 120 cm³/mol. The van der Waals surface area contributed by atoms with Gasteiger partial charge in [-0.1, -0.05) is 36.0 Å². The molecule has 0 aliphatic rings. The number of methoxy groups -OCH3 is 1. The molecule has 0 aliphatic heterocycles. The summed E-state index contributed by atoms with van der Waals surface area (Å²) in [7, 11) is 1.59. The standard InChI is InChI=1S/C21H21N7O3S/c1-13-6-5-7-14(10-13)30-11-18-27-28-21(31-18)32-12-17-24-19(22)26-20(25-17)23-15-8-3-4-9-16(15)29-2/h3-10H,11-12H2,1-2H3,(H3,22,23,24,25,26). The molecular weight excluding hydrogens is 430 g/mol. The topological polar surface area (TPSA) is 134 Å². The number of aromatic nitrogens is 5. The lowest BCUT2D eigenvalue weighted by Gasteiger charge is -2.10. The fourth-order valence-corrected chi connectivity index (χ4v) is 3.39. The fourth-order valence-electron chi connectivity index (χ4n) is 2.76. The highest BCUT2D eigenvalue weighted by molar-refractivity contribution is 7.98. The van der Waals surface area contributed by atoms with Gasteiger partial charge in [0.25, 0.3) is 11.1 Å². The zero-order valence-corrected chi connectivity index (χ0v) is 18.3. The zero-order chi connectivity index (χ0) is 22.3. The van der Waals surface area contributed by atoms with Crippen LogP contribution in [0.3, 0.4) is 0 Å². The molecule has 2 heterocycles. The van der Waals surface area contributed by atoms with Crippen LogP contribution in [-0.4, -0.2) is 32.3 Å². The Morgan fingerprint density at radius 2 is 1.94 bits per heavy atom. The van der Waals surface area contributed by atoms with E-state index in [1.807, 2.05) is 55.5 Å². The molecule has 0 saturated heterocycles. The fraction of sp³-hybridized carbons (Fsp3) is 0.190. The van der Waals surface area contributed by atoms with Crippen LogP contribution in [0.4, 0.5) is 17.6 Å². The first kappa shape index (κ1) is 21.4. The number of nitrogens with zero attached hydrogens (tertiary/aromatic N) is 5. The van der Waals surface area contributed by atoms with Gasteiger partial charge in [0.05, 0.1) is 18.6 Å². The number of ether oxygens (including phenoxy) is 2. The molecule has 0 aliphatic carbocycles. The minimum Gasteiger partial charge on any atom is -0.495 e. The Morgan fingerprint density at radius 1 is 1.06 bits per heavy atom. The molecule has 0 bridgehead atoms. The van der Waals surface area contributed by atoms with Crippen molar-refractivity contribution in [2.75, 3.05) is 18.2 Å². The number of anilines is 3. The summed E-state index contributed by atoms with van der Waals surface area (Å²) < 4.78 is 16.6. The van der Waals surface area contributed by atoms with Crippen LogP contribution in [0.5, 0.6) is 11.5 Å². The minimum absolute atomic E-state index is 0.103. The molecule has 164 valence electrons. The van der Waals surface area contributed by atoms with Gasteiger partial charge in [-0.2, -0.15) is 15.0 Å². The molecule has 0 amide bonds. The van der Waals surface area contributed by atoms with E-state index in [-0.39, 0.29) is 12.6 Å². The minimum atomic E-state index is 0.103. The summed E-state index contributed by atoms with van der Waals surface area (Å²) in [5.41, 5.74) is 7.68. The van der Waals surface area contributed by atoms with E-state index in [4.69, 9.17) is 19.6 Å². The number of benzene rings is 2. The van der Waals surface area contributed by atoms with Gasteiger partial charge < -0.3 is 24.9 Å². The molecule has 4 aromatic rings. The molecule has 3 N–H and O–H groups in total. The monoisotopic (exact) mass is 451 g/mol. The second-order valence-corrected chi connectivity index (χ2v) is 7.54. The number of para-hydroxylation sites is 2. The second kappa shape index (κ2) is 9.96. The molecule has 32 heavy (non-hydrogen) atoms. The average molecular weight is 452 g/mol. The Kier molecular flexibility index (Phi) is 6.66. The maximum Gasteiger partial charge on any atom is 0.277 e. The number of thioether (sulfide) groups is 1. The SMILES string of the molecule is COc1ccccc1Nc1nc(N)nc(CSc2nnc(COc3cccc(C)c3)o2)n1. The third kappa shape index (κ3) is 5.64. The second-order valence-electron chi connectivity index (χ2n) is 6.61. The summed E-state index contributed by atoms with van der Waals surface area (Å²) in [6.45, 7) is 2.18. The van der Waals surface area contributed by atoms with E-state index in [2.05, 4.69) is 30.5 Å². The molecule has 0 unspecified atom stereocenters. The number of nitrogens with one attached hydrogen (secondary N) is 1. The molecule has 0 saturated carbocycles. The Hall–Kier alpha value is -3.86. The Labute approximate surface area is 188 Å². The first-order valence-electron chi connectivity index (χ1n) is 9.64. The summed E-state index contributed by atoms with van der Waals surface area (Å²) in [5, 5.41) is 11.5. The van der Waals surface area contributed by atoms with Crippen LogP contribution < -0.4 is 20.5 Å². The zero-order valence-electron chi connectivity index (χ0n) is 17.5. The average Bonchev–Trinajstić information content (AvgIpc) is 3.24. The van der Waals surface area contributed by atoms with Crippen molar-refractivity contribution >= 4 is 29.3 Å². The van der Waals surface area contributed by atoms with Crippen molar-refractivity contribution in [2.24, 2.45) is 0 Å². The molecule has 0 atom stereocenters. The lowest BCUT2D eigenvalue weighted by atomic mass is 10.2. The van der Waals surface area contributed by atoms with Crippen LogP contribution in [0.15, 0.2) is 58.2 Å². The summed E-state index contributed by atoms with van der Waals surface area (Å²) >= 11 is 1.29. The van der Waals surface area contributed by atoms with Crippen molar-refractivity contribution in [3.05, 3.63) is 65.8 Å². The van der Waals surface area contributed by atoms with Gasteiger partial charge in [0, 0.05) is 0 Å². The molecule has 4 rings (SSSR count). The van der Waals surface area contributed by atoms with Crippen molar-refractivity contribution in [2.45, 2.75) is 24.5 Å². The van der Waals surface area contributed by atoms with Crippen LogP contribution in [0, 0.1) is 6.92 Å². The smallest absolute Gasteiger partial charge is 0.277 e. The summed E-state index contributed by atoms with van der Waals surface area (Å²) in [6, 6.07) is 15.2. The van der Waals surface area contributed by atoms with Gasteiger partial charge in [-0.25, -0.2) is 0 Å². The van der Waals surface area contributed by atoms with Gasteiger partial charge in [-0.05, 0) is 36.8 Å². The molecule has 11 heteroatoms. The van der Waals surface area contributed by atoms with Crippen LogP contribution in [-0.2, 0) is 12.4 Å². The van der Waals surface area contributed by atoms with E-state index < -0.39 is 0 Å². The van der Waals surface area contributed by atoms with E-state index in [0.29, 0.717) is 40.1 Å². The Bertz CT molecular complexity index is 1200. The number of nitrogen functional groups attached to an aromatic ring is 1. The maximum atomic E-state index is 5.85. The third-order valence-electron chi connectivity index (χ3n) is 4.18. The van der Waals surface area contributed by atoms with Crippen molar-refractivity contribution in [1.82, 2.24) is 25.1 Å². The number of hydrogen-bond donors (Lipinski definition) is 2. The first-order valence-corrected chi connectivity index (χ1v) is 10.6. The first-order chi connectivity index (χ1) is 15.6. The summed E-state index contributed by atoms with van der Waals surface area (Å²) in [6.07, 6.45) is 0. The summed E-state index contributed by atoms with van der Waals surface area (Å²) in [4.78, 5) is 12.7. The van der Waals surface area contributed by atoms with Gasteiger partial charge in [0.2, 0.25) is 11.9 Å². The Balaban J connectivity index is 1.37. The van der Waals surface area contributed by atoms with Gasteiger partial charge >= 0.3 is 0 Å². The lowest BCUT2D eigenvalue weighted by Crippen LogP contribution is -2.07.